The van der Waals surface area contributed by atoms with Gasteiger partial charge in [0.05, 0.1) is 9.79 Å². The van der Waals surface area contributed by atoms with Gasteiger partial charge in [0, 0.05) is 12.8 Å². The molecule has 0 spiro atoms. The van der Waals surface area contributed by atoms with Crippen molar-refractivity contribution in [2.45, 2.75) is 22.8 Å². The standard InChI is InChI=1S/C16H16FNO4S/c1-11(22-2)16(19)18-13-5-9-15(10-6-13)23(20,21)14-7-3-12(17)4-8-14/h3-11H,1-2H3,(H,18,19)/t11-/m1/s1. The highest BCUT2D eigenvalue weighted by molar-refractivity contribution is 7.91. The van der Waals surface area contributed by atoms with Crippen molar-refractivity contribution >= 4 is 21.4 Å². The maximum Gasteiger partial charge on any atom is 0.253 e. The molecule has 2 aromatic carbocycles. The van der Waals surface area contributed by atoms with E-state index in [0.717, 1.165) is 12.1 Å². The van der Waals surface area contributed by atoms with E-state index in [2.05, 4.69) is 5.32 Å². The van der Waals surface area contributed by atoms with E-state index in [9.17, 15) is 17.6 Å². The lowest BCUT2D eigenvalue weighted by atomic mass is 10.3. The van der Waals surface area contributed by atoms with Gasteiger partial charge in [-0.2, -0.15) is 0 Å². The van der Waals surface area contributed by atoms with Gasteiger partial charge in [0.1, 0.15) is 11.9 Å². The summed E-state index contributed by atoms with van der Waals surface area (Å²) in [6.07, 6.45) is -0.613. The lowest BCUT2D eigenvalue weighted by Crippen LogP contribution is -2.26. The molecule has 1 N–H and O–H groups in total. The number of hydrogen-bond acceptors (Lipinski definition) is 4. The van der Waals surface area contributed by atoms with Crippen molar-refractivity contribution in [3.05, 3.63) is 54.3 Å². The highest BCUT2D eigenvalue weighted by Gasteiger charge is 2.18. The van der Waals surface area contributed by atoms with Gasteiger partial charge in [0.25, 0.3) is 5.91 Å². The summed E-state index contributed by atoms with van der Waals surface area (Å²) in [5.41, 5.74) is 0.456. The normalized spacial score (nSPS) is 12.7. The van der Waals surface area contributed by atoms with E-state index in [-0.39, 0.29) is 15.7 Å². The number of carbonyl (C=O) groups excluding carboxylic acids is 1. The maximum atomic E-state index is 12.9. The van der Waals surface area contributed by atoms with Crippen LogP contribution in [0.15, 0.2) is 58.3 Å². The fourth-order valence-corrected chi connectivity index (χ4v) is 3.08. The number of carbonyl (C=O) groups is 1. The van der Waals surface area contributed by atoms with Gasteiger partial charge in [-0.3, -0.25) is 4.79 Å². The molecule has 0 unspecified atom stereocenters. The summed E-state index contributed by atoms with van der Waals surface area (Å²) < 4.78 is 42.6. The van der Waals surface area contributed by atoms with E-state index < -0.39 is 21.8 Å². The van der Waals surface area contributed by atoms with Crippen LogP contribution in [0, 0.1) is 5.82 Å². The van der Waals surface area contributed by atoms with Gasteiger partial charge < -0.3 is 10.1 Å². The molecule has 0 heterocycles. The van der Waals surface area contributed by atoms with Gasteiger partial charge in [0.15, 0.2) is 0 Å². The summed E-state index contributed by atoms with van der Waals surface area (Å²) in [5.74, 6) is -0.837. The molecule has 7 heteroatoms. The van der Waals surface area contributed by atoms with Crippen LogP contribution in [-0.2, 0) is 19.4 Å². The molecular formula is C16H16FNO4S. The minimum atomic E-state index is -3.73. The van der Waals surface area contributed by atoms with Crippen molar-refractivity contribution in [3.8, 4) is 0 Å². The summed E-state index contributed by atoms with van der Waals surface area (Å²) in [7, 11) is -2.31. The van der Waals surface area contributed by atoms with Crippen LogP contribution in [0.25, 0.3) is 0 Å². The van der Waals surface area contributed by atoms with E-state index in [0.29, 0.717) is 5.69 Å². The smallest absolute Gasteiger partial charge is 0.253 e. The Morgan fingerprint density at radius 3 is 2.00 bits per heavy atom. The molecule has 0 aromatic heterocycles. The summed E-state index contributed by atoms with van der Waals surface area (Å²) in [5, 5.41) is 2.61. The summed E-state index contributed by atoms with van der Waals surface area (Å²) in [6.45, 7) is 1.60. The molecule has 0 radical (unpaired) electrons. The van der Waals surface area contributed by atoms with Gasteiger partial charge in [-0.05, 0) is 55.5 Å². The predicted molar refractivity (Wildman–Crippen MR) is 83.4 cm³/mol. The Morgan fingerprint density at radius 2 is 1.52 bits per heavy atom. The van der Waals surface area contributed by atoms with Crippen LogP contribution in [0.3, 0.4) is 0 Å². The lowest BCUT2D eigenvalue weighted by Gasteiger charge is -2.11. The fraction of sp³-hybridized carbons (Fsp3) is 0.188. The Morgan fingerprint density at radius 1 is 1.04 bits per heavy atom. The van der Waals surface area contributed by atoms with E-state index in [1.165, 1.54) is 43.5 Å². The molecule has 0 saturated heterocycles. The molecule has 2 aromatic rings. The second-order valence-electron chi connectivity index (χ2n) is 4.85. The molecule has 0 aliphatic rings. The van der Waals surface area contributed by atoms with Gasteiger partial charge in [-0.25, -0.2) is 12.8 Å². The van der Waals surface area contributed by atoms with Crippen molar-refractivity contribution in [1.29, 1.82) is 0 Å². The summed E-state index contributed by atoms with van der Waals surface area (Å²) in [4.78, 5) is 11.7. The third-order valence-corrected chi connectivity index (χ3v) is 5.06. The van der Waals surface area contributed by atoms with Crippen LogP contribution in [0.1, 0.15) is 6.92 Å². The SMILES string of the molecule is CO[C@H](C)C(=O)Nc1ccc(S(=O)(=O)c2ccc(F)cc2)cc1. The zero-order valence-corrected chi connectivity index (χ0v) is 13.4. The van der Waals surface area contributed by atoms with E-state index in [4.69, 9.17) is 4.74 Å². The van der Waals surface area contributed by atoms with Crippen LogP contribution in [-0.4, -0.2) is 27.5 Å². The summed E-state index contributed by atoms with van der Waals surface area (Å²) >= 11 is 0. The largest absolute Gasteiger partial charge is 0.372 e. The topological polar surface area (TPSA) is 72.5 Å². The number of hydrogen-bond donors (Lipinski definition) is 1. The molecule has 2 rings (SSSR count). The van der Waals surface area contributed by atoms with Crippen LogP contribution in [0.2, 0.25) is 0 Å². The third kappa shape index (κ3) is 3.94. The van der Waals surface area contributed by atoms with E-state index >= 15 is 0 Å². The molecule has 0 aliphatic carbocycles. The Kier molecular flexibility index (Phi) is 5.12. The molecule has 1 amide bonds. The quantitative estimate of drug-likeness (QED) is 0.851. The number of sulfone groups is 1. The fourth-order valence-electron chi connectivity index (χ4n) is 1.82. The second-order valence-corrected chi connectivity index (χ2v) is 6.80. The monoisotopic (exact) mass is 337 g/mol. The van der Waals surface area contributed by atoms with Crippen LogP contribution < -0.4 is 5.32 Å². The average molecular weight is 337 g/mol. The summed E-state index contributed by atoms with van der Waals surface area (Å²) in [6, 6.07) is 10.3. The third-order valence-electron chi connectivity index (χ3n) is 3.28. The molecule has 23 heavy (non-hydrogen) atoms. The maximum absolute atomic E-state index is 12.9. The van der Waals surface area contributed by atoms with Crippen molar-refractivity contribution in [1.82, 2.24) is 0 Å². The molecule has 0 saturated carbocycles. The molecule has 0 aliphatic heterocycles. The molecule has 5 nitrogen and oxygen atoms in total. The van der Waals surface area contributed by atoms with Crippen LogP contribution in [0.4, 0.5) is 10.1 Å². The van der Waals surface area contributed by atoms with Crippen LogP contribution >= 0.6 is 0 Å². The minimum Gasteiger partial charge on any atom is -0.372 e. The first kappa shape index (κ1) is 17.1. The number of rotatable bonds is 5. The number of nitrogens with one attached hydrogen (secondary N) is 1. The van der Waals surface area contributed by atoms with E-state index in [1.807, 2.05) is 0 Å². The van der Waals surface area contributed by atoms with Crippen LogP contribution in [0.5, 0.6) is 0 Å². The molecule has 0 fully saturated rings. The first-order chi connectivity index (χ1) is 10.8. The van der Waals surface area contributed by atoms with Gasteiger partial charge in [0.2, 0.25) is 9.84 Å². The number of ether oxygens (including phenoxy) is 1. The zero-order chi connectivity index (χ0) is 17.0. The average Bonchev–Trinajstić information content (AvgIpc) is 2.55. The number of benzene rings is 2. The van der Waals surface area contributed by atoms with Gasteiger partial charge in [-0.1, -0.05) is 0 Å². The Labute approximate surface area is 134 Å². The predicted octanol–water partition coefficient (Wildman–Crippen LogP) is 2.63. The minimum absolute atomic E-state index is 0.00342. The number of halogens is 1. The number of amides is 1. The van der Waals surface area contributed by atoms with Gasteiger partial charge >= 0.3 is 0 Å². The molecule has 0 bridgehead atoms. The Balaban J connectivity index is 2.22. The lowest BCUT2D eigenvalue weighted by molar-refractivity contribution is -0.124. The number of methoxy groups -OCH3 is 1. The number of anilines is 1. The zero-order valence-electron chi connectivity index (χ0n) is 12.6. The van der Waals surface area contributed by atoms with Crippen molar-refractivity contribution in [2.75, 3.05) is 12.4 Å². The van der Waals surface area contributed by atoms with Crippen molar-refractivity contribution < 1.29 is 22.3 Å². The highest BCUT2D eigenvalue weighted by Crippen LogP contribution is 2.22. The van der Waals surface area contributed by atoms with E-state index in [1.54, 1.807) is 6.92 Å². The first-order valence-corrected chi connectivity index (χ1v) is 8.27. The van der Waals surface area contributed by atoms with Gasteiger partial charge in [-0.15, -0.1) is 0 Å². The molecule has 122 valence electrons. The Bertz CT molecular complexity index is 786. The molecular weight excluding hydrogens is 321 g/mol. The highest BCUT2D eigenvalue weighted by atomic mass is 32.2. The second kappa shape index (κ2) is 6.89. The first-order valence-electron chi connectivity index (χ1n) is 6.79. The van der Waals surface area contributed by atoms with Crippen molar-refractivity contribution in [3.63, 3.8) is 0 Å². The van der Waals surface area contributed by atoms with Crippen molar-refractivity contribution in [2.24, 2.45) is 0 Å². The molecule has 1 atom stereocenters. The Hall–Kier alpha value is -2.25.